The van der Waals surface area contributed by atoms with E-state index in [1.54, 1.807) is 0 Å². The van der Waals surface area contributed by atoms with E-state index in [0.717, 1.165) is 0 Å². The molecule has 17 heavy (non-hydrogen) atoms. The number of aryl methyl sites for hydroxylation is 2. The highest BCUT2D eigenvalue weighted by Crippen LogP contribution is 2.20. The van der Waals surface area contributed by atoms with E-state index in [1.165, 1.54) is 61.1 Å². The quantitative estimate of drug-likeness (QED) is 0.594. The number of hydrogen-bond acceptors (Lipinski definition) is 0. The first-order valence-corrected chi connectivity index (χ1v) is 7.10. The summed E-state index contributed by atoms with van der Waals surface area (Å²) < 4.78 is 0. The van der Waals surface area contributed by atoms with Gasteiger partial charge in [0, 0.05) is 0 Å². The predicted octanol–water partition coefficient (Wildman–Crippen LogP) is 5.33. The fourth-order valence-corrected chi connectivity index (χ4v) is 2.10. The lowest BCUT2D eigenvalue weighted by atomic mass is 9.94. The minimum atomic E-state index is 1.23. The summed E-state index contributed by atoms with van der Waals surface area (Å²) in [5, 5.41) is 0. The van der Waals surface area contributed by atoms with E-state index in [0.29, 0.717) is 0 Å². The van der Waals surface area contributed by atoms with Crippen molar-refractivity contribution in [3.8, 4) is 0 Å². The fraction of sp³-hybridized carbons (Fsp3) is 0.588. The summed E-state index contributed by atoms with van der Waals surface area (Å²) in [6.07, 6.45) is 7.64. The molecule has 0 saturated carbocycles. The maximum Gasteiger partial charge on any atom is -0.00118 e. The molecule has 0 aliphatic heterocycles. The van der Waals surface area contributed by atoms with Crippen molar-refractivity contribution in [2.24, 2.45) is 0 Å². The van der Waals surface area contributed by atoms with Crippen LogP contribution in [0.25, 0.3) is 0 Å². The summed E-state index contributed by atoms with van der Waals surface area (Å²) in [6.45, 7) is 8.95. The van der Waals surface area contributed by atoms with Gasteiger partial charge in [-0.25, -0.2) is 0 Å². The van der Waals surface area contributed by atoms with Crippen molar-refractivity contribution in [2.45, 2.75) is 66.2 Å². The standard InChI is InChI=1S/C17H27/c1-5-7-9-15-11-16(10-8-6-2)13-17(12-15)14(3)4/h11-13H,5-10H2,1-4H3. The molecule has 0 fully saturated rings. The van der Waals surface area contributed by atoms with Crippen LogP contribution in [0.5, 0.6) is 0 Å². The Hall–Kier alpha value is -0.780. The van der Waals surface area contributed by atoms with Gasteiger partial charge in [-0.3, -0.25) is 0 Å². The Kier molecular flexibility index (Phi) is 6.32. The Balaban J connectivity index is 2.84. The first-order chi connectivity index (χ1) is 8.17. The van der Waals surface area contributed by atoms with Gasteiger partial charge in [-0.1, -0.05) is 58.7 Å². The van der Waals surface area contributed by atoms with Gasteiger partial charge in [0.2, 0.25) is 0 Å². The summed E-state index contributed by atoms with van der Waals surface area (Å²) in [6, 6.07) is 7.17. The minimum Gasteiger partial charge on any atom is -0.0654 e. The fourth-order valence-electron chi connectivity index (χ4n) is 2.10. The maximum absolute atomic E-state index is 2.41. The predicted molar refractivity (Wildman–Crippen MR) is 77.4 cm³/mol. The van der Waals surface area contributed by atoms with Crippen molar-refractivity contribution >= 4 is 0 Å². The van der Waals surface area contributed by atoms with Crippen LogP contribution in [0.1, 0.15) is 70.1 Å². The summed E-state index contributed by atoms with van der Waals surface area (Å²) in [5.74, 6) is 1.43. The molecule has 0 heterocycles. The van der Waals surface area contributed by atoms with E-state index < -0.39 is 0 Å². The molecule has 0 aliphatic rings. The smallest absolute Gasteiger partial charge is 0.00118 e. The molecule has 95 valence electrons. The van der Waals surface area contributed by atoms with Crippen molar-refractivity contribution < 1.29 is 0 Å². The van der Waals surface area contributed by atoms with Crippen molar-refractivity contribution in [2.75, 3.05) is 0 Å². The first-order valence-electron chi connectivity index (χ1n) is 7.10. The normalized spacial score (nSPS) is 11.1. The van der Waals surface area contributed by atoms with Crippen molar-refractivity contribution in [1.29, 1.82) is 0 Å². The van der Waals surface area contributed by atoms with Crippen LogP contribution in [0.2, 0.25) is 0 Å². The van der Waals surface area contributed by atoms with E-state index in [2.05, 4.69) is 45.9 Å². The summed E-state index contributed by atoms with van der Waals surface area (Å²) in [5.41, 5.74) is 4.48. The van der Waals surface area contributed by atoms with Crippen molar-refractivity contribution in [3.05, 3.63) is 40.8 Å². The Labute approximate surface area is 107 Å². The lowest BCUT2D eigenvalue weighted by Gasteiger charge is -2.11. The Morgan fingerprint density at radius 3 is 1.65 bits per heavy atom. The Bertz CT molecular complexity index is 297. The molecule has 0 heteroatoms. The minimum absolute atomic E-state index is 1.23. The van der Waals surface area contributed by atoms with E-state index in [1.807, 2.05) is 0 Å². The second-order valence-electron chi connectivity index (χ2n) is 5.25. The molecule has 0 atom stereocenters. The van der Waals surface area contributed by atoms with Gasteiger partial charge in [0.25, 0.3) is 0 Å². The third-order valence-corrected chi connectivity index (χ3v) is 3.27. The molecular weight excluding hydrogens is 204 g/mol. The number of rotatable bonds is 7. The SMILES string of the molecule is CCCCc1cc(CCCC)cc([C](C)C)c1. The van der Waals surface area contributed by atoms with Gasteiger partial charge in [0.1, 0.15) is 0 Å². The second-order valence-corrected chi connectivity index (χ2v) is 5.25. The molecule has 1 radical (unpaired) electrons. The number of hydrogen-bond donors (Lipinski definition) is 0. The van der Waals surface area contributed by atoms with Crippen molar-refractivity contribution in [3.63, 3.8) is 0 Å². The molecule has 0 aliphatic carbocycles. The summed E-state index contributed by atoms with van der Waals surface area (Å²) in [4.78, 5) is 0. The zero-order valence-corrected chi connectivity index (χ0v) is 12.0. The van der Waals surface area contributed by atoms with E-state index in [9.17, 15) is 0 Å². The van der Waals surface area contributed by atoms with Gasteiger partial charge in [0.15, 0.2) is 0 Å². The van der Waals surface area contributed by atoms with Gasteiger partial charge in [-0.05, 0) is 48.3 Å². The Morgan fingerprint density at radius 2 is 1.29 bits per heavy atom. The van der Waals surface area contributed by atoms with Crippen LogP contribution in [0.3, 0.4) is 0 Å². The Morgan fingerprint density at radius 1 is 0.824 bits per heavy atom. The highest BCUT2D eigenvalue weighted by atomic mass is 14.1. The van der Waals surface area contributed by atoms with Crippen LogP contribution in [0.4, 0.5) is 0 Å². The highest BCUT2D eigenvalue weighted by Gasteiger charge is 2.04. The molecule has 0 spiro atoms. The zero-order valence-electron chi connectivity index (χ0n) is 12.0. The molecule has 0 bridgehead atoms. The van der Waals surface area contributed by atoms with Crippen LogP contribution in [0.15, 0.2) is 18.2 Å². The third kappa shape index (κ3) is 4.93. The van der Waals surface area contributed by atoms with Crippen LogP contribution < -0.4 is 0 Å². The lowest BCUT2D eigenvalue weighted by molar-refractivity contribution is 0.779. The van der Waals surface area contributed by atoms with Crippen LogP contribution in [0, 0.1) is 5.92 Å². The highest BCUT2D eigenvalue weighted by molar-refractivity contribution is 5.37. The molecule has 0 amide bonds. The third-order valence-electron chi connectivity index (χ3n) is 3.27. The zero-order chi connectivity index (χ0) is 12.7. The largest absolute Gasteiger partial charge is 0.0654 e. The molecule has 1 aromatic rings. The van der Waals surface area contributed by atoms with Crippen LogP contribution in [-0.4, -0.2) is 0 Å². The first kappa shape index (κ1) is 14.3. The van der Waals surface area contributed by atoms with Crippen LogP contribution >= 0.6 is 0 Å². The summed E-state index contributed by atoms with van der Waals surface area (Å²) >= 11 is 0. The topological polar surface area (TPSA) is 0 Å². The molecule has 0 aromatic heterocycles. The lowest BCUT2D eigenvalue weighted by Crippen LogP contribution is -1.96. The molecule has 1 aromatic carbocycles. The average molecular weight is 231 g/mol. The molecule has 0 nitrogen and oxygen atoms in total. The second kappa shape index (κ2) is 7.53. The monoisotopic (exact) mass is 231 g/mol. The van der Waals surface area contributed by atoms with E-state index in [4.69, 9.17) is 0 Å². The summed E-state index contributed by atoms with van der Waals surface area (Å²) in [7, 11) is 0. The van der Waals surface area contributed by atoms with Crippen molar-refractivity contribution in [1.82, 2.24) is 0 Å². The number of unbranched alkanes of at least 4 members (excludes halogenated alkanes) is 2. The van der Waals surface area contributed by atoms with Gasteiger partial charge in [-0.15, -0.1) is 0 Å². The maximum atomic E-state index is 2.41. The van der Waals surface area contributed by atoms with Gasteiger partial charge in [-0.2, -0.15) is 0 Å². The van der Waals surface area contributed by atoms with Gasteiger partial charge in [0.05, 0.1) is 0 Å². The van der Waals surface area contributed by atoms with E-state index in [-0.39, 0.29) is 0 Å². The van der Waals surface area contributed by atoms with Gasteiger partial charge < -0.3 is 0 Å². The average Bonchev–Trinajstić information content (AvgIpc) is 2.33. The van der Waals surface area contributed by atoms with Gasteiger partial charge >= 0.3 is 0 Å². The molecule has 1 rings (SSSR count). The molecule has 0 saturated heterocycles. The molecular formula is C17H27. The number of benzene rings is 1. The van der Waals surface area contributed by atoms with Crippen LogP contribution in [-0.2, 0) is 12.8 Å². The molecule has 0 N–H and O–H groups in total. The van der Waals surface area contributed by atoms with E-state index >= 15 is 0 Å². The molecule has 0 unspecified atom stereocenters.